The van der Waals surface area contributed by atoms with Gasteiger partial charge in [0.25, 0.3) is 0 Å². The summed E-state index contributed by atoms with van der Waals surface area (Å²) in [6.07, 6.45) is 2.03. The molecule has 0 saturated heterocycles. The Labute approximate surface area is 171 Å². The monoisotopic (exact) mass is 397 g/mol. The van der Waals surface area contributed by atoms with E-state index in [9.17, 15) is 4.79 Å². The van der Waals surface area contributed by atoms with Crippen molar-refractivity contribution >= 4 is 5.91 Å². The molecule has 0 spiro atoms. The van der Waals surface area contributed by atoms with Gasteiger partial charge in [-0.2, -0.15) is 0 Å². The number of hydrogen-bond acceptors (Lipinski definition) is 5. The van der Waals surface area contributed by atoms with E-state index in [1.165, 1.54) is 5.56 Å². The zero-order chi connectivity index (χ0) is 20.7. The Balaban J connectivity index is 2.04. The summed E-state index contributed by atoms with van der Waals surface area (Å²) in [7, 11) is 6.58. The number of methoxy groups -OCH3 is 4. The highest BCUT2D eigenvalue weighted by molar-refractivity contribution is 5.86. The molecule has 0 radical (unpaired) electrons. The first-order valence-electron chi connectivity index (χ1n) is 9.90. The van der Waals surface area contributed by atoms with Gasteiger partial charge in [0, 0.05) is 18.5 Å². The Bertz CT molecular complexity index is 968. The van der Waals surface area contributed by atoms with Crippen LogP contribution in [0.2, 0.25) is 0 Å². The Kier molecular flexibility index (Phi) is 5.03. The second-order valence-corrected chi connectivity index (χ2v) is 7.33. The molecule has 1 aliphatic carbocycles. The number of carbonyl (C=O) groups is 1. The van der Waals surface area contributed by atoms with Crippen molar-refractivity contribution in [1.82, 2.24) is 4.90 Å². The Hall–Kier alpha value is -2.89. The molecule has 1 unspecified atom stereocenters. The predicted molar refractivity (Wildman–Crippen MR) is 110 cm³/mol. The molecule has 1 aliphatic heterocycles. The van der Waals surface area contributed by atoms with E-state index >= 15 is 0 Å². The van der Waals surface area contributed by atoms with E-state index in [4.69, 9.17) is 18.9 Å². The molecule has 1 heterocycles. The van der Waals surface area contributed by atoms with Gasteiger partial charge < -0.3 is 23.8 Å². The Morgan fingerprint density at radius 3 is 2.24 bits per heavy atom. The number of carbonyl (C=O) groups excluding carboxylic acids is 1. The molecule has 1 atom stereocenters. The van der Waals surface area contributed by atoms with Crippen molar-refractivity contribution in [2.75, 3.05) is 35.0 Å². The normalized spacial score (nSPS) is 16.6. The van der Waals surface area contributed by atoms with E-state index in [2.05, 4.69) is 6.07 Å². The quantitative estimate of drug-likeness (QED) is 0.769. The second-order valence-electron chi connectivity index (χ2n) is 7.33. The van der Waals surface area contributed by atoms with Crippen LogP contribution in [0.15, 0.2) is 18.2 Å². The van der Waals surface area contributed by atoms with E-state index in [1.54, 1.807) is 28.4 Å². The lowest BCUT2D eigenvalue weighted by Crippen LogP contribution is -2.42. The van der Waals surface area contributed by atoms with Gasteiger partial charge in [-0.1, -0.05) is 6.92 Å². The number of hydrogen-bond donors (Lipinski definition) is 0. The molecule has 2 aromatic carbocycles. The summed E-state index contributed by atoms with van der Waals surface area (Å²) in [5, 5.41) is 0. The van der Waals surface area contributed by atoms with Gasteiger partial charge in [-0.15, -0.1) is 0 Å². The third-order valence-electron chi connectivity index (χ3n) is 6.04. The predicted octanol–water partition coefficient (Wildman–Crippen LogP) is 3.78. The minimum absolute atomic E-state index is 0.0217. The maximum Gasteiger partial charge on any atom is 0.222 e. The minimum Gasteiger partial charge on any atom is -0.493 e. The first-order valence-corrected chi connectivity index (χ1v) is 9.90. The third-order valence-corrected chi connectivity index (χ3v) is 6.04. The van der Waals surface area contributed by atoms with E-state index in [1.807, 2.05) is 24.0 Å². The summed E-state index contributed by atoms with van der Waals surface area (Å²) in [5.41, 5.74) is 5.51. The molecule has 4 rings (SSSR count). The summed E-state index contributed by atoms with van der Waals surface area (Å²) in [6.45, 7) is 2.62. The molecular weight excluding hydrogens is 370 g/mol. The van der Waals surface area contributed by atoms with Gasteiger partial charge in [-0.3, -0.25) is 4.79 Å². The van der Waals surface area contributed by atoms with Gasteiger partial charge in [0.1, 0.15) is 0 Å². The average molecular weight is 397 g/mol. The van der Waals surface area contributed by atoms with Crippen LogP contribution >= 0.6 is 0 Å². The smallest absolute Gasteiger partial charge is 0.222 e. The zero-order valence-electron chi connectivity index (χ0n) is 17.6. The number of benzene rings is 2. The standard InChI is InChI=1S/C23H27NO5/c1-6-20(25)24-8-7-13-10-19(28-4)23(29-5)22-15-12-18(27-3)17(26-2)11-14(15)9-16(24)21(13)22/h10-12,16H,6-9H2,1-5H3. The highest BCUT2D eigenvalue weighted by atomic mass is 16.5. The van der Waals surface area contributed by atoms with Crippen molar-refractivity contribution in [3.05, 3.63) is 34.9 Å². The molecule has 0 aromatic heterocycles. The maximum absolute atomic E-state index is 12.7. The van der Waals surface area contributed by atoms with Crippen LogP contribution in [0, 0.1) is 0 Å². The van der Waals surface area contributed by atoms with Gasteiger partial charge in [0.2, 0.25) is 5.91 Å². The number of rotatable bonds is 5. The van der Waals surface area contributed by atoms with E-state index in [0.29, 0.717) is 36.0 Å². The topological polar surface area (TPSA) is 57.2 Å². The summed E-state index contributed by atoms with van der Waals surface area (Å²) in [6, 6.07) is 6.05. The lowest BCUT2D eigenvalue weighted by Gasteiger charge is -2.42. The number of amides is 1. The van der Waals surface area contributed by atoms with Gasteiger partial charge in [0.05, 0.1) is 34.5 Å². The van der Waals surface area contributed by atoms with Crippen molar-refractivity contribution in [3.8, 4) is 34.1 Å². The lowest BCUT2D eigenvalue weighted by molar-refractivity contribution is -0.133. The van der Waals surface area contributed by atoms with Crippen molar-refractivity contribution in [2.45, 2.75) is 32.2 Å². The molecule has 1 amide bonds. The molecule has 0 N–H and O–H groups in total. The number of fused-ring (bicyclic) bond motifs is 2. The van der Waals surface area contributed by atoms with Crippen molar-refractivity contribution in [1.29, 1.82) is 0 Å². The van der Waals surface area contributed by atoms with Gasteiger partial charge >= 0.3 is 0 Å². The number of ether oxygens (including phenoxy) is 4. The summed E-state index contributed by atoms with van der Waals surface area (Å²) < 4.78 is 22.6. The van der Waals surface area contributed by atoms with Crippen LogP contribution in [0.1, 0.15) is 36.1 Å². The summed E-state index contributed by atoms with van der Waals surface area (Å²) in [4.78, 5) is 14.7. The second kappa shape index (κ2) is 7.50. The highest BCUT2D eigenvalue weighted by Gasteiger charge is 2.39. The van der Waals surface area contributed by atoms with Crippen molar-refractivity contribution < 1.29 is 23.7 Å². The fraction of sp³-hybridized carbons (Fsp3) is 0.435. The molecule has 154 valence electrons. The average Bonchev–Trinajstić information content (AvgIpc) is 2.77. The SMILES string of the molecule is CCC(=O)N1CCc2cc(OC)c(OC)c3c2C1Cc1cc(OC)c(OC)cc1-3. The van der Waals surface area contributed by atoms with Crippen LogP contribution in [0.3, 0.4) is 0 Å². The van der Waals surface area contributed by atoms with Crippen LogP contribution in [-0.2, 0) is 17.6 Å². The van der Waals surface area contributed by atoms with Crippen LogP contribution in [0.5, 0.6) is 23.0 Å². The first kappa shape index (κ1) is 19.4. The minimum atomic E-state index is -0.0217. The highest BCUT2D eigenvalue weighted by Crippen LogP contribution is 2.54. The fourth-order valence-electron chi connectivity index (χ4n) is 4.71. The molecule has 6 heteroatoms. The largest absolute Gasteiger partial charge is 0.493 e. The van der Waals surface area contributed by atoms with Crippen molar-refractivity contribution in [3.63, 3.8) is 0 Å². The van der Waals surface area contributed by atoms with Crippen LogP contribution in [0.4, 0.5) is 0 Å². The van der Waals surface area contributed by atoms with E-state index in [-0.39, 0.29) is 11.9 Å². The maximum atomic E-state index is 12.7. The molecule has 6 nitrogen and oxygen atoms in total. The van der Waals surface area contributed by atoms with Crippen LogP contribution in [0.25, 0.3) is 11.1 Å². The molecule has 0 bridgehead atoms. The molecule has 29 heavy (non-hydrogen) atoms. The van der Waals surface area contributed by atoms with E-state index < -0.39 is 0 Å². The summed E-state index contributed by atoms with van der Waals surface area (Å²) in [5.74, 6) is 2.92. The van der Waals surface area contributed by atoms with Gasteiger partial charge in [-0.05, 0) is 53.3 Å². The molecular formula is C23H27NO5. The fourth-order valence-corrected chi connectivity index (χ4v) is 4.71. The molecule has 0 fully saturated rings. The molecule has 2 aromatic rings. The van der Waals surface area contributed by atoms with Crippen LogP contribution < -0.4 is 18.9 Å². The van der Waals surface area contributed by atoms with Gasteiger partial charge in [-0.25, -0.2) is 0 Å². The molecule has 2 aliphatic rings. The Morgan fingerprint density at radius 1 is 0.966 bits per heavy atom. The zero-order valence-corrected chi connectivity index (χ0v) is 17.6. The lowest BCUT2D eigenvalue weighted by atomic mass is 9.76. The number of nitrogens with zero attached hydrogens (tertiary/aromatic N) is 1. The van der Waals surface area contributed by atoms with E-state index in [0.717, 1.165) is 35.1 Å². The summed E-state index contributed by atoms with van der Waals surface area (Å²) >= 11 is 0. The third kappa shape index (κ3) is 2.89. The first-order chi connectivity index (χ1) is 14.1. The van der Waals surface area contributed by atoms with Gasteiger partial charge in [0.15, 0.2) is 23.0 Å². The molecule has 0 saturated carbocycles. The Morgan fingerprint density at radius 2 is 1.62 bits per heavy atom. The van der Waals surface area contributed by atoms with Crippen LogP contribution in [-0.4, -0.2) is 45.8 Å². The van der Waals surface area contributed by atoms with Crippen molar-refractivity contribution in [2.24, 2.45) is 0 Å².